The molecule has 0 aliphatic heterocycles. The van der Waals surface area contributed by atoms with Gasteiger partial charge in [0.05, 0.1) is 17.0 Å². The summed E-state index contributed by atoms with van der Waals surface area (Å²) in [5.74, 6) is 0.345. The van der Waals surface area contributed by atoms with Gasteiger partial charge in [-0.3, -0.25) is 9.69 Å². The number of carbonyl (C=O) groups excluding carboxylic acids is 1. The number of aromatic nitrogens is 1. The van der Waals surface area contributed by atoms with Crippen molar-refractivity contribution >= 4 is 17.1 Å². The average molecular weight is 252 g/mol. The first-order chi connectivity index (χ1) is 8.15. The van der Waals surface area contributed by atoms with E-state index in [1.807, 2.05) is 19.5 Å². The number of nitrogens with zero attached hydrogens (tertiary/aromatic N) is 2. The van der Waals surface area contributed by atoms with Crippen molar-refractivity contribution in [1.29, 1.82) is 0 Å². The summed E-state index contributed by atoms with van der Waals surface area (Å²) in [5.41, 5.74) is -0.232. The first kappa shape index (κ1) is 12.7. The Morgan fingerprint density at radius 1 is 1.41 bits per heavy atom. The van der Waals surface area contributed by atoms with Crippen LogP contribution in [0.2, 0.25) is 0 Å². The third-order valence-electron chi connectivity index (χ3n) is 3.85. The van der Waals surface area contributed by atoms with E-state index in [0.29, 0.717) is 12.2 Å². The highest BCUT2D eigenvalue weighted by atomic mass is 32.1. The summed E-state index contributed by atoms with van der Waals surface area (Å²) >= 11 is 1.58. The maximum absolute atomic E-state index is 12.6. The van der Waals surface area contributed by atoms with Crippen molar-refractivity contribution < 1.29 is 4.79 Å². The number of rotatable bonds is 4. The van der Waals surface area contributed by atoms with Crippen molar-refractivity contribution in [2.24, 2.45) is 0 Å². The molecule has 0 amide bonds. The van der Waals surface area contributed by atoms with Crippen molar-refractivity contribution in [1.82, 2.24) is 9.88 Å². The van der Waals surface area contributed by atoms with Crippen LogP contribution in [0, 0.1) is 0 Å². The molecule has 0 spiro atoms. The number of hydrogen-bond acceptors (Lipinski definition) is 4. The summed E-state index contributed by atoms with van der Waals surface area (Å²) in [7, 11) is 4.07. The lowest BCUT2D eigenvalue weighted by molar-refractivity contribution is -0.131. The van der Waals surface area contributed by atoms with Crippen LogP contribution in [-0.4, -0.2) is 35.3 Å². The van der Waals surface area contributed by atoms with E-state index in [-0.39, 0.29) is 5.54 Å². The Balaban J connectivity index is 2.13. The number of Topliss-reactive ketones (excluding diaryl/α,β-unsaturated/α-hetero) is 1. The Kier molecular flexibility index (Phi) is 3.94. The smallest absolute Gasteiger partial charge is 0.159 e. The van der Waals surface area contributed by atoms with E-state index in [0.717, 1.165) is 17.8 Å². The zero-order chi connectivity index (χ0) is 12.3. The zero-order valence-corrected chi connectivity index (χ0v) is 11.4. The minimum atomic E-state index is -0.232. The molecule has 4 heteroatoms. The number of thiazole rings is 1. The zero-order valence-electron chi connectivity index (χ0n) is 10.6. The van der Waals surface area contributed by atoms with E-state index in [2.05, 4.69) is 9.88 Å². The molecule has 1 fully saturated rings. The van der Waals surface area contributed by atoms with Gasteiger partial charge in [-0.25, -0.2) is 4.98 Å². The van der Waals surface area contributed by atoms with Gasteiger partial charge in [-0.1, -0.05) is 19.3 Å². The van der Waals surface area contributed by atoms with Crippen LogP contribution in [0.1, 0.15) is 37.1 Å². The molecule has 1 aliphatic rings. The first-order valence-corrected chi connectivity index (χ1v) is 7.12. The lowest BCUT2D eigenvalue weighted by Gasteiger charge is -2.41. The van der Waals surface area contributed by atoms with Crippen LogP contribution in [0.5, 0.6) is 0 Å². The summed E-state index contributed by atoms with van der Waals surface area (Å²) in [6.07, 6.45) is 7.88. The standard InChI is InChI=1S/C13H20N2OS/c1-15(2)13(6-4-3-5-7-13)11(16)10-12-14-8-9-17-12/h8-9H,3-7,10H2,1-2H3. The molecule has 1 aromatic heterocycles. The normalized spacial score (nSPS) is 19.5. The molecule has 1 aromatic rings. The monoisotopic (exact) mass is 252 g/mol. The maximum atomic E-state index is 12.6. The number of ketones is 1. The second kappa shape index (κ2) is 5.27. The minimum absolute atomic E-state index is 0.232. The van der Waals surface area contributed by atoms with Gasteiger partial charge in [0.1, 0.15) is 0 Å². The predicted octanol–water partition coefficient (Wildman–Crippen LogP) is 2.52. The largest absolute Gasteiger partial charge is 0.297 e. The van der Waals surface area contributed by atoms with Gasteiger partial charge >= 0.3 is 0 Å². The fourth-order valence-electron chi connectivity index (χ4n) is 2.75. The van der Waals surface area contributed by atoms with Gasteiger partial charge in [0.25, 0.3) is 0 Å². The molecule has 0 radical (unpaired) electrons. The van der Waals surface area contributed by atoms with Crippen LogP contribution in [0.4, 0.5) is 0 Å². The Morgan fingerprint density at radius 2 is 2.12 bits per heavy atom. The molecule has 3 nitrogen and oxygen atoms in total. The van der Waals surface area contributed by atoms with Crippen molar-refractivity contribution in [2.45, 2.75) is 44.1 Å². The van der Waals surface area contributed by atoms with Crippen LogP contribution in [0.3, 0.4) is 0 Å². The van der Waals surface area contributed by atoms with E-state index >= 15 is 0 Å². The van der Waals surface area contributed by atoms with Crippen LogP contribution >= 0.6 is 11.3 Å². The topological polar surface area (TPSA) is 33.2 Å². The SMILES string of the molecule is CN(C)C1(C(=O)Cc2nccs2)CCCCC1. The van der Waals surface area contributed by atoms with E-state index in [1.165, 1.54) is 19.3 Å². The van der Waals surface area contributed by atoms with Crippen molar-refractivity contribution in [3.05, 3.63) is 16.6 Å². The van der Waals surface area contributed by atoms with Gasteiger partial charge in [-0.15, -0.1) is 11.3 Å². The molecule has 17 heavy (non-hydrogen) atoms. The van der Waals surface area contributed by atoms with Gasteiger partial charge in [-0.2, -0.15) is 0 Å². The molecule has 0 unspecified atom stereocenters. The molecule has 1 saturated carbocycles. The number of hydrogen-bond donors (Lipinski definition) is 0. The van der Waals surface area contributed by atoms with Crippen LogP contribution < -0.4 is 0 Å². The van der Waals surface area contributed by atoms with Crippen molar-refractivity contribution in [3.63, 3.8) is 0 Å². The second-order valence-corrected chi connectivity index (χ2v) is 5.99. The van der Waals surface area contributed by atoms with Crippen LogP contribution in [0.25, 0.3) is 0 Å². The molecular formula is C13H20N2OS. The lowest BCUT2D eigenvalue weighted by Crippen LogP contribution is -2.53. The third kappa shape index (κ3) is 2.58. The highest BCUT2D eigenvalue weighted by Gasteiger charge is 2.40. The van der Waals surface area contributed by atoms with Gasteiger partial charge in [0.15, 0.2) is 5.78 Å². The van der Waals surface area contributed by atoms with Crippen molar-refractivity contribution in [3.8, 4) is 0 Å². The summed E-state index contributed by atoms with van der Waals surface area (Å²) in [4.78, 5) is 18.9. The van der Waals surface area contributed by atoms with Gasteiger partial charge in [0.2, 0.25) is 0 Å². The fourth-order valence-corrected chi connectivity index (χ4v) is 3.37. The maximum Gasteiger partial charge on any atom is 0.159 e. The Labute approximate surface area is 107 Å². The van der Waals surface area contributed by atoms with E-state index in [1.54, 1.807) is 17.5 Å². The van der Waals surface area contributed by atoms with Crippen LogP contribution in [-0.2, 0) is 11.2 Å². The molecule has 2 rings (SSSR count). The lowest BCUT2D eigenvalue weighted by atomic mass is 9.76. The van der Waals surface area contributed by atoms with E-state index in [4.69, 9.17) is 0 Å². The highest BCUT2D eigenvalue weighted by molar-refractivity contribution is 7.09. The summed E-state index contributed by atoms with van der Waals surface area (Å²) in [6.45, 7) is 0. The molecule has 94 valence electrons. The van der Waals surface area contributed by atoms with E-state index in [9.17, 15) is 4.79 Å². The number of carbonyl (C=O) groups is 1. The van der Waals surface area contributed by atoms with Crippen LogP contribution in [0.15, 0.2) is 11.6 Å². The first-order valence-electron chi connectivity index (χ1n) is 6.24. The molecule has 1 heterocycles. The second-order valence-electron chi connectivity index (χ2n) is 5.01. The van der Waals surface area contributed by atoms with Gasteiger partial charge in [-0.05, 0) is 26.9 Å². The van der Waals surface area contributed by atoms with Gasteiger partial charge < -0.3 is 0 Å². The molecule has 0 aromatic carbocycles. The minimum Gasteiger partial charge on any atom is -0.297 e. The summed E-state index contributed by atoms with van der Waals surface area (Å²) in [6, 6.07) is 0. The molecule has 0 N–H and O–H groups in total. The molecule has 0 bridgehead atoms. The Morgan fingerprint density at radius 3 is 2.65 bits per heavy atom. The average Bonchev–Trinajstić information content (AvgIpc) is 2.82. The number of likely N-dealkylation sites (N-methyl/N-ethyl adjacent to an activating group) is 1. The predicted molar refractivity (Wildman–Crippen MR) is 70.3 cm³/mol. The molecule has 1 aliphatic carbocycles. The summed E-state index contributed by atoms with van der Waals surface area (Å²) in [5, 5.41) is 2.88. The highest BCUT2D eigenvalue weighted by Crippen LogP contribution is 2.34. The van der Waals surface area contributed by atoms with Crippen molar-refractivity contribution in [2.75, 3.05) is 14.1 Å². The fraction of sp³-hybridized carbons (Fsp3) is 0.692. The molecular weight excluding hydrogens is 232 g/mol. The van der Waals surface area contributed by atoms with E-state index < -0.39 is 0 Å². The van der Waals surface area contributed by atoms with Gasteiger partial charge in [0, 0.05) is 11.6 Å². The molecule has 0 atom stereocenters. The Hall–Kier alpha value is -0.740. The molecule has 0 saturated heterocycles. The Bertz CT molecular complexity index is 367. The third-order valence-corrected chi connectivity index (χ3v) is 4.63. The summed E-state index contributed by atoms with van der Waals surface area (Å²) < 4.78 is 0. The quantitative estimate of drug-likeness (QED) is 0.825.